The molecule has 0 N–H and O–H groups in total. The van der Waals surface area contributed by atoms with Crippen molar-refractivity contribution >= 4 is 5.78 Å². The number of aromatic nitrogens is 3. The van der Waals surface area contributed by atoms with Crippen molar-refractivity contribution in [2.24, 2.45) is 0 Å². The second-order valence-electron chi connectivity index (χ2n) is 4.62. The van der Waals surface area contributed by atoms with Crippen molar-refractivity contribution in [3.8, 4) is 0 Å². The van der Waals surface area contributed by atoms with Gasteiger partial charge in [-0.25, -0.2) is 4.68 Å². The van der Waals surface area contributed by atoms with E-state index in [2.05, 4.69) is 10.3 Å². The third kappa shape index (κ3) is 2.29. The molecule has 0 aliphatic rings. The minimum Gasteiger partial charge on any atom is -0.297 e. The number of aryl methyl sites for hydroxylation is 1. The highest BCUT2D eigenvalue weighted by molar-refractivity contribution is 6.01. The second-order valence-corrected chi connectivity index (χ2v) is 4.62. The van der Waals surface area contributed by atoms with E-state index >= 15 is 0 Å². The first kappa shape index (κ1) is 12.8. The van der Waals surface area contributed by atoms with E-state index in [1.54, 1.807) is 10.9 Å². The highest BCUT2D eigenvalue weighted by Gasteiger charge is 2.33. The summed E-state index contributed by atoms with van der Waals surface area (Å²) in [4.78, 5) is 14.2. The average molecular weight is 224 g/mol. The number of carbonyl (C=O) groups excluding carboxylic acids is 1. The number of rotatable bonds is 5. The molecule has 0 fully saturated rings. The summed E-state index contributed by atoms with van der Waals surface area (Å²) in [6.45, 7) is 6.58. The molecule has 0 bridgehead atoms. The monoisotopic (exact) mass is 224 g/mol. The highest BCUT2D eigenvalue weighted by Crippen LogP contribution is 2.17. The Balaban J connectivity index is 3.00. The van der Waals surface area contributed by atoms with E-state index in [0.29, 0.717) is 5.69 Å². The topological polar surface area (TPSA) is 51.0 Å². The highest BCUT2D eigenvalue weighted by atomic mass is 16.1. The predicted octanol–water partition coefficient (Wildman–Crippen LogP) is 1.21. The van der Waals surface area contributed by atoms with Crippen LogP contribution in [-0.2, 0) is 6.54 Å². The Morgan fingerprint density at radius 3 is 2.62 bits per heavy atom. The van der Waals surface area contributed by atoms with E-state index in [4.69, 9.17) is 0 Å². The number of nitrogens with zero attached hydrogens (tertiary/aromatic N) is 4. The number of hydrogen-bond acceptors (Lipinski definition) is 4. The summed E-state index contributed by atoms with van der Waals surface area (Å²) in [6, 6.07) is 0. The van der Waals surface area contributed by atoms with Gasteiger partial charge in [0.15, 0.2) is 0 Å². The molecule has 1 aromatic rings. The molecule has 0 saturated heterocycles. The lowest BCUT2D eigenvalue weighted by atomic mass is 9.95. The molecule has 0 spiro atoms. The van der Waals surface area contributed by atoms with Crippen LogP contribution in [0, 0.1) is 0 Å². The Hall–Kier alpha value is -1.23. The number of likely N-dealkylation sites (N-methyl/N-ethyl adjacent to an activating group) is 1. The fourth-order valence-electron chi connectivity index (χ4n) is 1.33. The van der Waals surface area contributed by atoms with Gasteiger partial charge >= 0.3 is 0 Å². The van der Waals surface area contributed by atoms with Crippen molar-refractivity contribution in [3.05, 3.63) is 11.9 Å². The summed E-state index contributed by atoms with van der Waals surface area (Å²) in [6.07, 6.45) is 2.48. The third-order valence-electron chi connectivity index (χ3n) is 2.96. The van der Waals surface area contributed by atoms with Gasteiger partial charge in [0.2, 0.25) is 5.78 Å². The zero-order chi connectivity index (χ0) is 12.3. The summed E-state index contributed by atoms with van der Waals surface area (Å²) < 4.78 is 1.67. The van der Waals surface area contributed by atoms with Crippen LogP contribution in [0.3, 0.4) is 0 Å². The molecule has 0 aromatic carbocycles. The molecular weight excluding hydrogens is 204 g/mol. The molecule has 5 nitrogen and oxygen atoms in total. The number of hydrogen-bond donors (Lipinski definition) is 0. The summed E-state index contributed by atoms with van der Waals surface area (Å²) in [5.74, 6) is 0.0518. The van der Waals surface area contributed by atoms with Gasteiger partial charge in [0, 0.05) is 6.54 Å². The molecule has 0 radical (unpaired) electrons. The summed E-state index contributed by atoms with van der Waals surface area (Å²) in [7, 11) is 3.79. The van der Waals surface area contributed by atoms with Crippen LogP contribution in [0.15, 0.2) is 6.20 Å². The quantitative estimate of drug-likeness (QED) is 0.705. The maximum atomic E-state index is 12.3. The molecule has 16 heavy (non-hydrogen) atoms. The molecule has 90 valence electrons. The van der Waals surface area contributed by atoms with Crippen LogP contribution < -0.4 is 0 Å². The van der Waals surface area contributed by atoms with Gasteiger partial charge in [0.25, 0.3) is 0 Å². The molecule has 1 aromatic heterocycles. The van der Waals surface area contributed by atoms with E-state index < -0.39 is 5.54 Å². The van der Waals surface area contributed by atoms with Crippen LogP contribution >= 0.6 is 0 Å². The first-order chi connectivity index (χ1) is 7.41. The van der Waals surface area contributed by atoms with E-state index in [0.717, 1.165) is 13.0 Å². The summed E-state index contributed by atoms with van der Waals surface area (Å²) in [5.41, 5.74) is 0.0493. The molecule has 0 amide bonds. The van der Waals surface area contributed by atoms with Gasteiger partial charge in [-0.1, -0.05) is 12.1 Å². The molecule has 5 heteroatoms. The lowest BCUT2D eigenvalue weighted by Crippen LogP contribution is -2.46. The fraction of sp³-hybridized carbons (Fsp3) is 0.727. The zero-order valence-corrected chi connectivity index (χ0v) is 10.7. The van der Waals surface area contributed by atoms with Crippen molar-refractivity contribution in [1.29, 1.82) is 0 Å². The van der Waals surface area contributed by atoms with Crippen LogP contribution in [0.5, 0.6) is 0 Å². The normalized spacial score (nSPS) is 12.1. The third-order valence-corrected chi connectivity index (χ3v) is 2.96. The number of ketones is 1. The number of Topliss-reactive ketones (excluding diaryl/α,β-unsaturated/α-hetero) is 1. The lowest BCUT2D eigenvalue weighted by Gasteiger charge is -2.30. The van der Waals surface area contributed by atoms with Crippen molar-refractivity contribution < 1.29 is 4.79 Å². The van der Waals surface area contributed by atoms with Gasteiger partial charge in [-0.05, 0) is 34.4 Å². The predicted molar refractivity (Wildman–Crippen MR) is 62.4 cm³/mol. The Labute approximate surface area is 96.4 Å². The van der Waals surface area contributed by atoms with E-state index in [1.165, 1.54) is 0 Å². The molecule has 0 unspecified atom stereocenters. The fourth-order valence-corrected chi connectivity index (χ4v) is 1.33. The number of carbonyl (C=O) groups is 1. The van der Waals surface area contributed by atoms with Crippen LogP contribution in [0.4, 0.5) is 0 Å². The van der Waals surface area contributed by atoms with Crippen LogP contribution in [0.25, 0.3) is 0 Å². The van der Waals surface area contributed by atoms with Gasteiger partial charge in [-0.3, -0.25) is 9.69 Å². The van der Waals surface area contributed by atoms with Gasteiger partial charge in [-0.15, -0.1) is 5.10 Å². The molecule has 0 saturated carbocycles. The largest absolute Gasteiger partial charge is 0.297 e. The molecule has 0 atom stereocenters. The van der Waals surface area contributed by atoms with Gasteiger partial charge in [-0.2, -0.15) is 0 Å². The van der Waals surface area contributed by atoms with E-state index in [1.807, 2.05) is 39.8 Å². The van der Waals surface area contributed by atoms with Crippen LogP contribution in [0.1, 0.15) is 37.7 Å². The van der Waals surface area contributed by atoms with E-state index in [-0.39, 0.29) is 5.78 Å². The Bertz CT molecular complexity index is 368. The van der Waals surface area contributed by atoms with Crippen molar-refractivity contribution in [3.63, 3.8) is 0 Å². The smallest absolute Gasteiger partial charge is 0.202 e. The molecule has 1 rings (SSSR count). The average Bonchev–Trinajstić information content (AvgIpc) is 2.65. The first-order valence-electron chi connectivity index (χ1n) is 5.52. The maximum absolute atomic E-state index is 12.3. The first-order valence-corrected chi connectivity index (χ1v) is 5.52. The van der Waals surface area contributed by atoms with Crippen molar-refractivity contribution in [2.45, 2.75) is 39.3 Å². The maximum Gasteiger partial charge on any atom is 0.202 e. The standard InChI is InChI=1S/C11H20N4O/c1-6-7-15-9(8-12-13-15)10(16)11(2,3)14(4)5/h8H,6-7H2,1-5H3. The van der Waals surface area contributed by atoms with Crippen molar-refractivity contribution in [2.75, 3.05) is 14.1 Å². The molecule has 0 aliphatic carbocycles. The molecular formula is C11H20N4O. The van der Waals surface area contributed by atoms with Gasteiger partial charge in [0.1, 0.15) is 5.69 Å². The Morgan fingerprint density at radius 2 is 2.12 bits per heavy atom. The summed E-state index contributed by atoms with van der Waals surface area (Å²) >= 11 is 0. The van der Waals surface area contributed by atoms with Crippen molar-refractivity contribution in [1.82, 2.24) is 19.9 Å². The minimum absolute atomic E-state index is 0.0518. The van der Waals surface area contributed by atoms with E-state index in [9.17, 15) is 4.79 Å². The second kappa shape index (κ2) is 4.74. The zero-order valence-electron chi connectivity index (χ0n) is 10.7. The Morgan fingerprint density at radius 1 is 1.50 bits per heavy atom. The van der Waals surface area contributed by atoms with Crippen LogP contribution in [0.2, 0.25) is 0 Å². The van der Waals surface area contributed by atoms with Crippen LogP contribution in [-0.4, -0.2) is 45.3 Å². The van der Waals surface area contributed by atoms with Gasteiger partial charge < -0.3 is 0 Å². The lowest BCUT2D eigenvalue weighted by molar-refractivity contribution is 0.0743. The molecule has 1 heterocycles. The summed E-state index contributed by atoms with van der Waals surface area (Å²) in [5, 5.41) is 7.74. The SMILES string of the molecule is CCCn1nncc1C(=O)C(C)(C)N(C)C. The minimum atomic E-state index is -0.535. The Kier molecular flexibility index (Phi) is 3.80. The molecule has 0 aliphatic heterocycles. The van der Waals surface area contributed by atoms with Gasteiger partial charge in [0.05, 0.1) is 11.7 Å².